The lowest BCUT2D eigenvalue weighted by atomic mass is 10.3. The summed E-state index contributed by atoms with van der Waals surface area (Å²) in [5, 5.41) is 3.13. The zero-order chi connectivity index (χ0) is 21.0. The van der Waals surface area contributed by atoms with Crippen molar-refractivity contribution in [3.05, 3.63) is 42.9 Å². The van der Waals surface area contributed by atoms with Crippen LogP contribution in [-0.2, 0) is 6.54 Å². The molecule has 29 heavy (non-hydrogen) atoms. The van der Waals surface area contributed by atoms with Crippen molar-refractivity contribution in [1.82, 2.24) is 14.4 Å². The van der Waals surface area contributed by atoms with E-state index in [2.05, 4.69) is 22.2 Å². The van der Waals surface area contributed by atoms with Crippen molar-refractivity contribution in [2.75, 3.05) is 51.7 Å². The Balaban J connectivity index is 1.67. The number of rotatable bonds is 7. The van der Waals surface area contributed by atoms with Crippen molar-refractivity contribution >= 4 is 46.1 Å². The molecule has 0 aromatic carbocycles. The highest BCUT2D eigenvalue weighted by Gasteiger charge is 2.16. The summed E-state index contributed by atoms with van der Waals surface area (Å²) in [6.45, 7) is 7.52. The van der Waals surface area contributed by atoms with Gasteiger partial charge in [-0.15, -0.1) is 11.3 Å². The number of anilines is 1. The molecule has 1 aliphatic rings. The first kappa shape index (κ1) is 22.1. The maximum atomic E-state index is 12.6. The minimum atomic E-state index is -0.339. The van der Waals surface area contributed by atoms with Gasteiger partial charge in [-0.2, -0.15) is 0 Å². The lowest BCUT2D eigenvalue weighted by Crippen LogP contribution is -2.45. The van der Waals surface area contributed by atoms with Crippen LogP contribution >= 0.6 is 34.5 Å². The highest BCUT2D eigenvalue weighted by atomic mass is 35.5. The summed E-state index contributed by atoms with van der Waals surface area (Å²) in [7, 11) is 2.11. The predicted octanol–water partition coefficient (Wildman–Crippen LogP) is 3.12. The van der Waals surface area contributed by atoms with Gasteiger partial charge in [0.15, 0.2) is 5.75 Å². The van der Waals surface area contributed by atoms with Crippen LogP contribution in [0.3, 0.4) is 0 Å². The van der Waals surface area contributed by atoms with Gasteiger partial charge in [0.25, 0.3) is 11.5 Å². The first-order valence-electron chi connectivity index (χ1n) is 9.41. The number of hydrogen-bond donors (Lipinski definition) is 1. The van der Waals surface area contributed by atoms with Crippen LogP contribution in [0.5, 0.6) is 5.75 Å². The minimum Gasteiger partial charge on any atom is -0.486 e. The topological polar surface area (TPSA) is 66.8 Å². The summed E-state index contributed by atoms with van der Waals surface area (Å²) in [4.78, 5) is 30.0. The molecular weight excluding hydrogens is 435 g/mol. The van der Waals surface area contributed by atoms with Gasteiger partial charge in [-0.1, -0.05) is 23.2 Å². The highest BCUT2D eigenvalue weighted by molar-refractivity contribution is 7.18. The van der Waals surface area contributed by atoms with Crippen LogP contribution in [0.2, 0.25) is 9.36 Å². The summed E-state index contributed by atoms with van der Waals surface area (Å²) in [5.41, 5.74) is 0.262. The number of amides is 1. The summed E-state index contributed by atoms with van der Waals surface area (Å²) in [5.74, 6) is -0.116. The first-order valence-corrected chi connectivity index (χ1v) is 11.0. The summed E-state index contributed by atoms with van der Waals surface area (Å²) in [6.07, 6.45) is 1.60. The fourth-order valence-corrected chi connectivity index (χ4v) is 4.29. The van der Waals surface area contributed by atoms with E-state index in [0.29, 0.717) is 33.1 Å². The van der Waals surface area contributed by atoms with E-state index in [1.165, 1.54) is 10.6 Å². The van der Waals surface area contributed by atoms with E-state index in [1.807, 2.05) is 6.92 Å². The Bertz CT molecular complexity index is 903. The Morgan fingerprint density at radius 2 is 1.97 bits per heavy atom. The first-order chi connectivity index (χ1) is 13.9. The number of nitrogens with one attached hydrogen (secondary N) is 1. The Labute approximate surface area is 183 Å². The molecule has 0 radical (unpaired) electrons. The van der Waals surface area contributed by atoms with E-state index >= 15 is 0 Å². The second-order valence-corrected chi connectivity index (χ2v) is 8.93. The third kappa shape index (κ3) is 5.73. The number of likely N-dealkylation sites (N-methyl/N-ethyl adjacent to an activating group) is 1. The molecule has 0 saturated carbocycles. The maximum absolute atomic E-state index is 12.6. The number of pyridine rings is 1. The number of halogens is 2. The summed E-state index contributed by atoms with van der Waals surface area (Å²) >= 11 is 13.0. The summed E-state index contributed by atoms with van der Waals surface area (Å²) < 4.78 is 7.65. The Hall–Kier alpha value is -1.58. The number of ether oxygens (including phenoxy) is 1. The number of piperazine rings is 1. The van der Waals surface area contributed by atoms with Crippen LogP contribution in [0.1, 0.15) is 16.6 Å². The molecule has 2 aromatic heterocycles. The SMILES string of the molecule is CCn1cc(NC(=O)c2cc(Cl)c(Cl)s2)cc(OCCN2CCN(C)CC2)c1=O. The van der Waals surface area contributed by atoms with Crippen LogP contribution in [0, 0.1) is 0 Å². The van der Waals surface area contributed by atoms with Crippen molar-refractivity contribution in [2.45, 2.75) is 13.5 Å². The third-order valence-corrected chi connectivity index (χ3v) is 6.65. The van der Waals surface area contributed by atoms with Gasteiger partial charge in [0.1, 0.15) is 10.9 Å². The Morgan fingerprint density at radius 1 is 1.24 bits per heavy atom. The van der Waals surface area contributed by atoms with Crippen LogP contribution in [0.25, 0.3) is 0 Å². The molecule has 1 N–H and O–H groups in total. The van der Waals surface area contributed by atoms with Crippen LogP contribution in [0.15, 0.2) is 23.1 Å². The molecule has 0 atom stereocenters. The molecule has 3 rings (SSSR count). The van der Waals surface area contributed by atoms with Crippen molar-refractivity contribution < 1.29 is 9.53 Å². The molecule has 7 nitrogen and oxygen atoms in total. The van der Waals surface area contributed by atoms with Crippen molar-refractivity contribution in [3.63, 3.8) is 0 Å². The number of aryl methyl sites for hydroxylation is 1. The molecule has 0 unspecified atom stereocenters. The standard InChI is InChI=1S/C19H24Cl2N4O3S/c1-3-25-12-13(22-18(26)16-11-14(20)17(21)29-16)10-15(19(25)27)28-9-8-24-6-4-23(2)5-7-24/h10-12H,3-9H2,1-2H3,(H,22,26). The zero-order valence-electron chi connectivity index (χ0n) is 16.4. The zero-order valence-corrected chi connectivity index (χ0v) is 18.7. The van der Waals surface area contributed by atoms with Crippen LogP contribution < -0.4 is 15.6 Å². The molecule has 0 bridgehead atoms. The monoisotopic (exact) mass is 458 g/mol. The number of carbonyl (C=O) groups is 1. The van der Waals surface area contributed by atoms with E-state index in [4.69, 9.17) is 27.9 Å². The molecule has 0 aliphatic carbocycles. The molecular formula is C19H24Cl2N4O3S. The fourth-order valence-electron chi connectivity index (χ4n) is 3.02. The molecule has 3 heterocycles. The van der Waals surface area contributed by atoms with Gasteiger partial charge in [-0.3, -0.25) is 14.5 Å². The molecule has 1 saturated heterocycles. The molecule has 0 spiro atoms. The molecule has 2 aromatic rings. The van der Waals surface area contributed by atoms with Crippen LogP contribution in [-0.4, -0.2) is 66.7 Å². The molecule has 1 aliphatic heterocycles. The van der Waals surface area contributed by atoms with E-state index in [9.17, 15) is 9.59 Å². The number of thiophene rings is 1. The van der Waals surface area contributed by atoms with Gasteiger partial charge < -0.3 is 19.5 Å². The average molecular weight is 459 g/mol. The molecule has 1 fully saturated rings. The van der Waals surface area contributed by atoms with Gasteiger partial charge >= 0.3 is 0 Å². The minimum absolute atomic E-state index is 0.217. The predicted molar refractivity (Wildman–Crippen MR) is 118 cm³/mol. The average Bonchev–Trinajstić information content (AvgIpc) is 3.04. The van der Waals surface area contributed by atoms with E-state index in [1.54, 1.807) is 12.3 Å². The number of nitrogens with zero attached hydrogens (tertiary/aromatic N) is 3. The second kappa shape index (κ2) is 9.95. The lowest BCUT2D eigenvalue weighted by molar-refractivity contribution is 0.103. The quantitative estimate of drug-likeness (QED) is 0.690. The Morgan fingerprint density at radius 3 is 2.59 bits per heavy atom. The maximum Gasteiger partial charge on any atom is 0.292 e. The lowest BCUT2D eigenvalue weighted by Gasteiger charge is -2.32. The van der Waals surface area contributed by atoms with Gasteiger partial charge in [-0.05, 0) is 20.0 Å². The number of aromatic nitrogens is 1. The molecule has 10 heteroatoms. The van der Waals surface area contributed by atoms with Gasteiger partial charge in [0.05, 0.1) is 15.6 Å². The highest BCUT2D eigenvalue weighted by Crippen LogP contribution is 2.32. The Kier molecular flexibility index (Phi) is 7.59. The van der Waals surface area contributed by atoms with E-state index < -0.39 is 0 Å². The van der Waals surface area contributed by atoms with Crippen LogP contribution in [0.4, 0.5) is 5.69 Å². The van der Waals surface area contributed by atoms with Crippen molar-refractivity contribution in [1.29, 1.82) is 0 Å². The van der Waals surface area contributed by atoms with E-state index in [-0.39, 0.29) is 17.2 Å². The number of hydrogen-bond acceptors (Lipinski definition) is 6. The van der Waals surface area contributed by atoms with Crippen molar-refractivity contribution in [2.24, 2.45) is 0 Å². The number of carbonyl (C=O) groups excluding carboxylic acids is 1. The largest absolute Gasteiger partial charge is 0.486 e. The molecule has 158 valence electrons. The van der Waals surface area contributed by atoms with Gasteiger partial charge in [0, 0.05) is 51.5 Å². The van der Waals surface area contributed by atoms with Crippen molar-refractivity contribution in [3.8, 4) is 5.75 Å². The van der Waals surface area contributed by atoms with Gasteiger partial charge in [-0.25, -0.2) is 0 Å². The van der Waals surface area contributed by atoms with E-state index in [0.717, 1.165) is 44.1 Å². The summed E-state index contributed by atoms with van der Waals surface area (Å²) in [6, 6.07) is 3.08. The smallest absolute Gasteiger partial charge is 0.292 e. The van der Waals surface area contributed by atoms with Gasteiger partial charge in [0.2, 0.25) is 0 Å². The second-order valence-electron chi connectivity index (χ2n) is 6.86. The molecule has 1 amide bonds. The fraction of sp³-hybridized carbons (Fsp3) is 0.474. The normalized spacial score (nSPS) is 15.4. The third-order valence-electron chi connectivity index (χ3n) is 4.78.